The summed E-state index contributed by atoms with van der Waals surface area (Å²) in [6, 6.07) is 15.8. The number of pyridine rings is 1. The van der Waals surface area contributed by atoms with Crippen molar-refractivity contribution >= 4 is 22.9 Å². The number of ether oxygens (including phenoxy) is 2. The molecule has 3 aromatic heterocycles. The number of aromatic nitrogens is 4. The molecule has 0 unspecified atom stereocenters. The van der Waals surface area contributed by atoms with Gasteiger partial charge in [-0.25, -0.2) is 0 Å². The van der Waals surface area contributed by atoms with Crippen LogP contribution in [0.1, 0.15) is 11.3 Å². The lowest BCUT2D eigenvalue weighted by Gasteiger charge is -2.27. The zero-order chi connectivity index (χ0) is 22.3. The van der Waals surface area contributed by atoms with E-state index >= 15 is 0 Å². The van der Waals surface area contributed by atoms with Gasteiger partial charge in [-0.1, -0.05) is 29.4 Å². The molecular formula is C24H24N6O3. The van der Waals surface area contributed by atoms with Gasteiger partial charge in [-0.3, -0.25) is 4.98 Å². The van der Waals surface area contributed by atoms with E-state index in [0.29, 0.717) is 32.1 Å². The number of fused-ring (bicyclic) bond motifs is 1. The Morgan fingerprint density at radius 3 is 2.85 bits per heavy atom. The summed E-state index contributed by atoms with van der Waals surface area (Å²) in [6.07, 6.45) is 5.98. The van der Waals surface area contributed by atoms with E-state index in [1.807, 2.05) is 48.7 Å². The van der Waals surface area contributed by atoms with Gasteiger partial charge in [-0.15, -0.1) is 0 Å². The molecule has 168 valence electrons. The summed E-state index contributed by atoms with van der Waals surface area (Å²) in [6.45, 7) is 3.18. The molecule has 1 aromatic carbocycles. The Bertz CT molecular complexity index is 1220. The van der Waals surface area contributed by atoms with Crippen molar-refractivity contribution in [2.75, 3.05) is 37.8 Å². The molecule has 4 heterocycles. The van der Waals surface area contributed by atoms with Gasteiger partial charge in [0, 0.05) is 60.1 Å². The summed E-state index contributed by atoms with van der Waals surface area (Å²) < 4.78 is 11.3. The van der Waals surface area contributed by atoms with Crippen LogP contribution in [0.25, 0.3) is 10.9 Å². The molecule has 1 N–H and O–H groups in total. The van der Waals surface area contributed by atoms with E-state index in [2.05, 4.69) is 30.0 Å². The Balaban J connectivity index is 1.31. The van der Waals surface area contributed by atoms with Gasteiger partial charge in [0.2, 0.25) is 0 Å². The maximum Gasteiger partial charge on any atom is 0.321 e. The van der Waals surface area contributed by atoms with Gasteiger partial charge in [0.05, 0.1) is 26.0 Å². The molecule has 0 saturated carbocycles. The predicted molar refractivity (Wildman–Crippen MR) is 125 cm³/mol. The molecule has 0 amide bonds. The number of rotatable bonds is 8. The zero-order valence-electron chi connectivity index (χ0n) is 18.1. The molecule has 0 spiro atoms. The monoisotopic (exact) mass is 444 g/mol. The Morgan fingerprint density at radius 1 is 1.09 bits per heavy atom. The molecule has 9 heteroatoms. The molecule has 1 aliphatic rings. The summed E-state index contributed by atoms with van der Waals surface area (Å²) in [5, 5.41) is 5.21. The van der Waals surface area contributed by atoms with Gasteiger partial charge in [-0.05, 0) is 18.2 Å². The normalized spacial score (nSPS) is 14.1. The molecule has 0 bridgehead atoms. The highest BCUT2D eigenvalue weighted by molar-refractivity contribution is 5.98. The van der Waals surface area contributed by atoms with Crippen molar-refractivity contribution in [1.29, 1.82) is 0 Å². The molecule has 1 fully saturated rings. The molecule has 9 nitrogen and oxygen atoms in total. The van der Waals surface area contributed by atoms with Crippen molar-refractivity contribution in [3.63, 3.8) is 0 Å². The third kappa shape index (κ3) is 5.27. The standard InChI is InChI=1S/C24H24N6O3/c1-2-7-21-20(6-1)18(16-26-21)17-27-33-23-15-22(30-10-13-31-14-11-30)28-24(29-23)32-12-8-19-5-3-4-9-25-19/h1-7,9,15-17,26H,8,10-14H2/b27-17-. The number of H-pyrrole nitrogens is 1. The Labute approximate surface area is 191 Å². The number of morpholine rings is 1. The molecule has 1 aliphatic heterocycles. The van der Waals surface area contributed by atoms with Crippen LogP contribution < -0.4 is 14.5 Å². The van der Waals surface area contributed by atoms with Crippen LogP contribution in [0.5, 0.6) is 11.9 Å². The Morgan fingerprint density at radius 2 is 1.97 bits per heavy atom. The zero-order valence-corrected chi connectivity index (χ0v) is 18.1. The largest absolute Gasteiger partial charge is 0.463 e. The number of hydrogen-bond donors (Lipinski definition) is 1. The fraction of sp³-hybridized carbons (Fsp3) is 0.250. The highest BCUT2D eigenvalue weighted by atomic mass is 16.6. The summed E-state index contributed by atoms with van der Waals surface area (Å²) in [5.74, 6) is 1.04. The number of nitrogens with one attached hydrogen (secondary N) is 1. The lowest BCUT2D eigenvalue weighted by molar-refractivity contribution is 0.122. The lowest BCUT2D eigenvalue weighted by atomic mass is 10.2. The van der Waals surface area contributed by atoms with Gasteiger partial charge >= 0.3 is 6.01 Å². The van der Waals surface area contributed by atoms with Crippen LogP contribution >= 0.6 is 0 Å². The first-order valence-electron chi connectivity index (χ1n) is 10.9. The van der Waals surface area contributed by atoms with Gasteiger partial charge in [-0.2, -0.15) is 9.97 Å². The number of para-hydroxylation sites is 1. The Kier molecular flexibility index (Phi) is 6.39. The SMILES string of the molecule is C(=N/Oc1cc(N2CCOCC2)nc(OCCc2ccccn2)n1)/c1c[nH]c2ccccc12. The third-order valence-corrected chi connectivity index (χ3v) is 5.28. The first-order chi connectivity index (χ1) is 16.3. The van der Waals surface area contributed by atoms with E-state index < -0.39 is 0 Å². The number of hydrogen-bond acceptors (Lipinski definition) is 8. The number of anilines is 1. The van der Waals surface area contributed by atoms with Crippen LogP contribution in [-0.4, -0.2) is 59.1 Å². The van der Waals surface area contributed by atoms with E-state index in [-0.39, 0.29) is 6.01 Å². The molecule has 0 aliphatic carbocycles. The van der Waals surface area contributed by atoms with Crippen LogP contribution in [0, 0.1) is 0 Å². The number of oxime groups is 1. The number of benzene rings is 1. The van der Waals surface area contributed by atoms with Crippen LogP contribution in [0.2, 0.25) is 0 Å². The van der Waals surface area contributed by atoms with Gasteiger partial charge < -0.3 is 24.2 Å². The van der Waals surface area contributed by atoms with Crippen LogP contribution in [-0.2, 0) is 11.2 Å². The second-order valence-electron chi connectivity index (χ2n) is 7.48. The second kappa shape index (κ2) is 10.1. The molecule has 5 rings (SSSR count). The van der Waals surface area contributed by atoms with E-state index in [4.69, 9.17) is 14.3 Å². The predicted octanol–water partition coefficient (Wildman–Crippen LogP) is 3.22. The van der Waals surface area contributed by atoms with Crippen molar-refractivity contribution in [2.24, 2.45) is 5.16 Å². The first kappa shape index (κ1) is 20.9. The topological polar surface area (TPSA) is 97.8 Å². The van der Waals surface area contributed by atoms with Gasteiger partial charge in [0.25, 0.3) is 5.88 Å². The quantitative estimate of drug-likeness (QED) is 0.329. The second-order valence-corrected chi connectivity index (χ2v) is 7.48. The highest BCUT2D eigenvalue weighted by Gasteiger charge is 2.16. The van der Waals surface area contributed by atoms with E-state index in [9.17, 15) is 0 Å². The molecule has 4 aromatic rings. The number of nitrogens with zero attached hydrogens (tertiary/aromatic N) is 5. The van der Waals surface area contributed by atoms with Crippen molar-refractivity contribution in [3.8, 4) is 11.9 Å². The summed E-state index contributed by atoms with van der Waals surface area (Å²) in [5.41, 5.74) is 2.92. The number of aromatic amines is 1. The lowest BCUT2D eigenvalue weighted by Crippen LogP contribution is -2.36. The average Bonchev–Trinajstić information content (AvgIpc) is 3.28. The minimum Gasteiger partial charge on any atom is -0.463 e. The molecular weight excluding hydrogens is 420 g/mol. The maximum absolute atomic E-state index is 5.83. The van der Waals surface area contributed by atoms with Crippen molar-refractivity contribution in [1.82, 2.24) is 19.9 Å². The Hall–Kier alpha value is -3.98. The van der Waals surface area contributed by atoms with Gasteiger partial charge in [0.1, 0.15) is 5.82 Å². The summed E-state index contributed by atoms with van der Waals surface area (Å²) in [7, 11) is 0. The first-order valence-corrected chi connectivity index (χ1v) is 10.9. The van der Waals surface area contributed by atoms with E-state index in [1.54, 1.807) is 18.5 Å². The van der Waals surface area contributed by atoms with Crippen molar-refractivity contribution in [2.45, 2.75) is 6.42 Å². The van der Waals surface area contributed by atoms with Crippen LogP contribution in [0.15, 0.2) is 66.1 Å². The third-order valence-electron chi connectivity index (χ3n) is 5.28. The highest BCUT2D eigenvalue weighted by Crippen LogP contribution is 2.22. The fourth-order valence-electron chi connectivity index (χ4n) is 3.59. The molecule has 1 saturated heterocycles. The molecule has 0 atom stereocenters. The maximum atomic E-state index is 5.83. The minimum atomic E-state index is 0.243. The van der Waals surface area contributed by atoms with E-state index in [0.717, 1.165) is 41.1 Å². The molecule has 33 heavy (non-hydrogen) atoms. The summed E-state index contributed by atoms with van der Waals surface area (Å²) >= 11 is 0. The van der Waals surface area contributed by atoms with Crippen molar-refractivity contribution < 1.29 is 14.3 Å². The average molecular weight is 444 g/mol. The summed E-state index contributed by atoms with van der Waals surface area (Å²) in [4.78, 5) is 24.2. The van der Waals surface area contributed by atoms with Crippen molar-refractivity contribution in [3.05, 3.63) is 72.2 Å². The van der Waals surface area contributed by atoms with Crippen LogP contribution in [0.3, 0.4) is 0 Å². The fourth-order valence-corrected chi connectivity index (χ4v) is 3.59. The minimum absolute atomic E-state index is 0.243. The molecule has 0 radical (unpaired) electrons. The van der Waals surface area contributed by atoms with Crippen LogP contribution in [0.4, 0.5) is 5.82 Å². The smallest absolute Gasteiger partial charge is 0.321 e. The van der Waals surface area contributed by atoms with E-state index in [1.165, 1.54) is 0 Å². The van der Waals surface area contributed by atoms with Gasteiger partial charge in [0.15, 0.2) is 0 Å².